The Morgan fingerprint density at radius 1 is 1.05 bits per heavy atom. The van der Waals surface area contributed by atoms with Crippen molar-refractivity contribution in [2.45, 2.75) is 43.5 Å². The van der Waals surface area contributed by atoms with E-state index in [0.717, 1.165) is 9.54 Å². The molecule has 2 aromatic heterocycles. The van der Waals surface area contributed by atoms with Gasteiger partial charge in [-0.3, -0.25) is 14.0 Å². The van der Waals surface area contributed by atoms with Crippen LogP contribution < -0.4 is 14.2 Å². The molecule has 11 nitrogen and oxygen atoms in total. The predicted octanol–water partition coefficient (Wildman–Crippen LogP) is 4.10. The number of aromatic nitrogens is 3. The van der Waals surface area contributed by atoms with Gasteiger partial charge in [0, 0.05) is 23.4 Å². The molecule has 0 aliphatic heterocycles. The second kappa shape index (κ2) is 11.5. The van der Waals surface area contributed by atoms with E-state index in [2.05, 4.69) is 9.97 Å². The number of imidazole rings is 1. The van der Waals surface area contributed by atoms with Crippen molar-refractivity contribution in [1.82, 2.24) is 13.9 Å². The lowest BCUT2D eigenvalue weighted by atomic mass is 9.95. The number of nitrogens with zero attached hydrogens (tertiary/aromatic N) is 3. The van der Waals surface area contributed by atoms with Crippen molar-refractivity contribution in [2.24, 2.45) is 5.41 Å². The van der Waals surface area contributed by atoms with Crippen molar-refractivity contribution < 1.29 is 36.7 Å². The largest absolute Gasteiger partial charge is 0.497 e. The highest BCUT2D eigenvalue weighted by molar-refractivity contribution is 7.91. The Bertz CT molecular complexity index is 1750. The number of carboxylic acids is 1. The van der Waals surface area contributed by atoms with Crippen LogP contribution in [0, 0.1) is 19.3 Å². The fourth-order valence-electron chi connectivity index (χ4n) is 4.06. The molecule has 1 unspecified atom stereocenters. The summed E-state index contributed by atoms with van der Waals surface area (Å²) in [6.07, 6.45) is 1.62. The van der Waals surface area contributed by atoms with Crippen molar-refractivity contribution in [3.63, 3.8) is 0 Å². The van der Waals surface area contributed by atoms with Crippen molar-refractivity contribution in [1.29, 1.82) is 0 Å². The lowest BCUT2D eigenvalue weighted by molar-refractivity contribution is -0.148. The molecule has 0 bridgehead atoms. The fourth-order valence-corrected chi connectivity index (χ4v) is 7.11. The van der Waals surface area contributed by atoms with E-state index in [9.17, 15) is 22.5 Å². The van der Waals surface area contributed by atoms with Gasteiger partial charge in [0.1, 0.15) is 23.9 Å². The number of ether oxygens (including phenoxy) is 3. The Morgan fingerprint density at radius 2 is 1.71 bits per heavy atom. The first-order valence-electron chi connectivity index (χ1n) is 12.5. The van der Waals surface area contributed by atoms with Gasteiger partial charge in [-0.2, -0.15) is 0 Å². The maximum Gasteiger partial charge on any atom is 0.312 e. The number of rotatable bonds is 11. The molecule has 2 aromatic carbocycles. The summed E-state index contributed by atoms with van der Waals surface area (Å²) in [6.45, 7) is 6.60. The Labute approximate surface area is 240 Å². The van der Waals surface area contributed by atoms with Crippen molar-refractivity contribution in [3.8, 4) is 17.2 Å². The topological polar surface area (TPSA) is 147 Å². The van der Waals surface area contributed by atoms with Gasteiger partial charge in [0.05, 0.1) is 57.8 Å². The number of aryl methyl sites for hydroxylation is 1. The highest BCUT2D eigenvalue weighted by atomic mass is 32.2. The molecule has 0 saturated heterocycles. The van der Waals surface area contributed by atoms with Gasteiger partial charge >= 0.3 is 5.97 Å². The number of carbonyl (C=O) groups is 1. The quantitative estimate of drug-likeness (QED) is 0.266. The summed E-state index contributed by atoms with van der Waals surface area (Å²) in [5, 5.41) is 9.13. The molecule has 0 amide bonds. The summed E-state index contributed by atoms with van der Waals surface area (Å²) < 4.78 is 59.0. The minimum absolute atomic E-state index is 0.0927. The van der Waals surface area contributed by atoms with Crippen LogP contribution in [0.25, 0.3) is 11.0 Å². The number of hydrogen-bond donors (Lipinski definition) is 1. The minimum Gasteiger partial charge on any atom is -0.497 e. The molecule has 0 radical (unpaired) electrons. The van der Waals surface area contributed by atoms with E-state index >= 15 is 0 Å². The molecule has 41 heavy (non-hydrogen) atoms. The molecule has 13 heteroatoms. The van der Waals surface area contributed by atoms with E-state index in [1.54, 1.807) is 38.4 Å². The number of pyridine rings is 1. The second-order valence-electron chi connectivity index (χ2n) is 10.0. The average molecular weight is 602 g/mol. The Balaban J connectivity index is 1.76. The van der Waals surface area contributed by atoms with Gasteiger partial charge in [-0.05, 0) is 64.1 Å². The van der Waals surface area contributed by atoms with Crippen LogP contribution in [0.4, 0.5) is 0 Å². The standard InChI is InChI=1S/C28H31N3O8S2/c1-17-14-29-23(18(2)25(17)38-6)15-40(34)27-30-22-13-20(37-5)9-12-24(22)31(27)41(35,36)21-10-7-19(8-11-21)39-16-28(3,4)26(32)33/h7-14H,15-16H2,1-6H3,(H,32,33). The van der Waals surface area contributed by atoms with Crippen LogP contribution in [0.2, 0.25) is 0 Å². The van der Waals surface area contributed by atoms with Crippen molar-refractivity contribution in [2.75, 3.05) is 20.8 Å². The predicted molar refractivity (Wildman–Crippen MR) is 153 cm³/mol. The van der Waals surface area contributed by atoms with Crippen LogP contribution in [-0.4, -0.2) is 58.5 Å². The van der Waals surface area contributed by atoms with Gasteiger partial charge in [-0.25, -0.2) is 17.4 Å². The van der Waals surface area contributed by atoms with Crippen molar-refractivity contribution in [3.05, 3.63) is 65.5 Å². The van der Waals surface area contributed by atoms with E-state index in [0.29, 0.717) is 34.0 Å². The zero-order valence-electron chi connectivity index (χ0n) is 23.5. The molecule has 218 valence electrons. The van der Waals surface area contributed by atoms with Crippen LogP contribution in [0.5, 0.6) is 17.2 Å². The summed E-state index contributed by atoms with van der Waals surface area (Å²) in [7, 11) is -3.19. The van der Waals surface area contributed by atoms with Crippen LogP contribution in [0.3, 0.4) is 0 Å². The van der Waals surface area contributed by atoms with Crippen LogP contribution >= 0.6 is 0 Å². The first-order valence-corrected chi connectivity index (χ1v) is 15.2. The molecule has 1 N–H and O–H groups in total. The highest BCUT2D eigenvalue weighted by Gasteiger charge is 2.30. The smallest absolute Gasteiger partial charge is 0.312 e. The van der Waals surface area contributed by atoms with Gasteiger partial charge < -0.3 is 19.3 Å². The Hall–Kier alpha value is -3.97. The molecular weight excluding hydrogens is 570 g/mol. The van der Waals surface area contributed by atoms with Gasteiger partial charge in [-0.1, -0.05) is 0 Å². The normalized spacial score (nSPS) is 12.7. The molecule has 0 aliphatic carbocycles. The molecule has 1 atom stereocenters. The lowest BCUT2D eigenvalue weighted by Crippen LogP contribution is -2.30. The number of methoxy groups -OCH3 is 2. The van der Waals surface area contributed by atoms with E-state index < -0.39 is 32.2 Å². The number of benzene rings is 2. The molecule has 4 rings (SSSR count). The van der Waals surface area contributed by atoms with E-state index in [-0.39, 0.29) is 27.9 Å². The monoisotopic (exact) mass is 601 g/mol. The second-order valence-corrected chi connectivity index (χ2v) is 13.1. The van der Waals surface area contributed by atoms with E-state index in [1.807, 2.05) is 6.92 Å². The summed E-state index contributed by atoms with van der Waals surface area (Å²) in [4.78, 5) is 20.1. The summed E-state index contributed by atoms with van der Waals surface area (Å²) >= 11 is 0. The maximum absolute atomic E-state index is 14.0. The fraction of sp³-hybridized carbons (Fsp3) is 0.321. The summed E-state index contributed by atoms with van der Waals surface area (Å²) in [5.41, 5.74) is 1.40. The Kier molecular flexibility index (Phi) is 8.41. The first kappa shape index (κ1) is 30.0. The van der Waals surface area contributed by atoms with Crippen LogP contribution in [-0.2, 0) is 31.4 Å². The van der Waals surface area contributed by atoms with E-state index in [4.69, 9.17) is 14.2 Å². The van der Waals surface area contributed by atoms with Gasteiger partial charge in [0.15, 0.2) is 0 Å². The third-order valence-corrected chi connectivity index (χ3v) is 9.60. The van der Waals surface area contributed by atoms with Gasteiger partial charge in [-0.15, -0.1) is 0 Å². The zero-order chi connectivity index (χ0) is 30.1. The number of carboxylic acid groups (broad SMARTS) is 1. The lowest BCUT2D eigenvalue weighted by Gasteiger charge is -2.19. The number of hydrogen-bond acceptors (Lipinski definition) is 9. The van der Waals surface area contributed by atoms with Gasteiger partial charge in [0.2, 0.25) is 5.16 Å². The molecular formula is C28H31N3O8S2. The molecule has 4 aromatic rings. The minimum atomic E-state index is -4.29. The molecule has 0 saturated carbocycles. The van der Waals surface area contributed by atoms with Crippen LogP contribution in [0.1, 0.15) is 30.7 Å². The third kappa shape index (κ3) is 5.91. The first-order chi connectivity index (χ1) is 19.3. The zero-order valence-corrected chi connectivity index (χ0v) is 25.1. The number of fused-ring (bicyclic) bond motifs is 1. The summed E-state index contributed by atoms with van der Waals surface area (Å²) in [6, 6.07) is 10.3. The molecule has 0 fully saturated rings. The van der Waals surface area contributed by atoms with E-state index in [1.165, 1.54) is 45.2 Å². The van der Waals surface area contributed by atoms with Crippen LogP contribution in [0.15, 0.2) is 58.7 Å². The SMILES string of the molecule is COc1ccc2c(c1)nc(S(=O)Cc1ncc(C)c(OC)c1C)n2S(=O)(=O)c1ccc(OCC(C)(C)C(=O)O)cc1. The maximum atomic E-state index is 14.0. The molecule has 0 spiro atoms. The summed E-state index contributed by atoms with van der Waals surface area (Å²) in [5.74, 6) is 0.271. The molecule has 0 aliphatic rings. The van der Waals surface area contributed by atoms with Crippen molar-refractivity contribution >= 4 is 37.8 Å². The average Bonchev–Trinajstić information content (AvgIpc) is 3.34. The highest BCUT2D eigenvalue weighted by Crippen LogP contribution is 2.31. The number of aliphatic carboxylic acids is 1. The Morgan fingerprint density at radius 3 is 2.32 bits per heavy atom. The van der Waals surface area contributed by atoms with Gasteiger partial charge in [0.25, 0.3) is 10.0 Å². The third-order valence-electron chi connectivity index (χ3n) is 6.55. The molecule has 2 heterocycles.